The Balaban J connectivity index is 1.92. The van der Waals surface area contributed by atoms with E-state index in [9.17, 15) is 13.6 Å². The van der Waals surface area contributed by atoms with Crippen molar-refractivity contribution in [3.8, 4) is 11.3 Å². The summed E-state index contributed by atoms with van der Waals surface area (Å²) in [7, 11) is 0. The second-order valence-electron chi connectivity index (χ2n) is 5.29. The van der Waals surface area contributed by atoms with Gasteiger partial charge in [-0.1, -0.05) is 84.2 Å². The van der Waals surface area contributed by atoms with Gasteiger partial charge in [0.15, 0.2) is 4.34 Å². The molecule has 0 saturated heterocycles. The minimum Gasteiger partial charge on any atom is -0.312 e. The number of carbonyl (C=O) groups is 1. The first-order valence-corrected chi connectivity index (χ1v) is 10.8. The highest BCUT2D eigenvalue weighted by Gasteiger charge is 2.19. The Bertz CT molecular complexity index is 916. The van der Waals surface area contributed by atoms with Crippen LogP contribution in [0.1, 0.15) is 17.3 Å². The number of alkyl halides is 2. The molecule has 3 aromatic rings. The summed E-state index contributed by atoms with van der Waals surface area (Å²) in [5, 5.41) is 3.47. The van der Waals surface area contributed by atoms with Gasteiger partial charge in [-0.3, -0.25) is 4.79 Å². The number of halogens is 2. The molecule has 0 aliphatic rings. The number of aromatic nitrogens is 1. The maximum atomic E-state index is 12.8. The average Bonchev–Trinajstić information content (AvgIpc) is 3.05. The Morgan fingerprint density at radius 3 is 2.56 bits per heavy atom. The average molecular weight is 423 g/mol. The third kappa shape index (κ3) is 5.09. The molecule has 1 N–H and O–H groups in total. The molecule has 0 aliphatic heterocycles. The van der Waals surface area contributed by atoms with E-state index in [1.165, 1.54) is 17.4 Å². The number of benzene rings is 2. The van der Waals surface area contributed by atoms with Crippen molar-refractivity contribution < 1.29 is 13.6 Å². The van der Waals surface area contributed by atoms with Crippen molar-refractivity contribution in [1.82, 2.24) is 4.98 Å². The molecule has 0 bridgehead atoms. The van der Waals surface area contributed by atoms with Crippen molar-refractivity contribution in [2.45, 2.75) is 21.9 Å². The summed E-state index contributed by atoms with van der Waals surface area (Å²) in [5.41, 5.74) is 1.80. The fourth-order valence-electron chi connectivity index (χ4n) is 2.39. The van der Waals surface area contributed by atoms with Crippen LogP contribution in [-0.2, 0) is 0 Å². The Labute approximate surface area is 168 Å². The molecule has 3 nitrogen and oxygen atoms in total. The highest BCUT2D eigenvalue weighted by Crippen LogP contribution is 2.38. The van der Waals surface area contributed by atoms with Crippen LogP contribution in [0.4, 0.5) is 13.8 Å². The van der Waals surface area contributed by atoms with Gasteiger partial charge in [-0.2, -0.15) is 8.78 Å². The molecule has 3 rings (SSSR count). The quantitative estimate of drug-likeness (QED) is 0.442. The zero-order chi connectivity index (χ0) is 19.2. The van der Waals surface area contributed by atoms with Crippen LogP contribution in [0.2, 0.25) is 0 Å². The van der Waals surface area contributed by atoms with Crippen LogP contribution in [0, 0.1) is 0 Å². The molecular weight excluding hydrogens is 406 g/mol. The molecule has 0 fully saturated rings. The van der Waals surface area contributed by atoms with E-state index in [2.05, 4.69) is 10.3 Å². The fraction of sp³-hybridized carbons (Fsp3) is 0.158. The van der Waals surface area contributed by atoms with Crippen LogP contribution >= 0.6 is 34.9 Å². The van der Waals surface area contributed by atoms with Crippen molar-refractivity contribution in [3.05, 3.63) is 60.2 Å². The van der Waals surface area contributed by atoms with Crippen molar-refractivity contribution in [2.24, 2.45) is 0 Å². The van der Waals surface area contributed by atoms with Crippen LogP contribution in [0.25, 0.3) is 11.3 Å². The summed E-state index contributed by atoms with van der Waals surface area (Å²) < 4.78 is 26.4. The predicted octanol–water partition coefficient (Wildman–Crippen LogP) is 6.49. The van der Waals surface area contributed by atoms with E-state index in [-0.39, 0.29) is 10.5 Å². The zero-order valence-corrected chi connectivity index (χ0v) is 16.8. The topological polar surface area (TPSA) is 42.0 Å². The highest BCUT2D eigenvalue weighted by molar-refractivity contribution is 8.01. The molecule has 8 heteroatoms. The van der Waals surface area contributed by atoms with Gasteiger partial charge in [0.25, 0.3) is 11.7 Å². The van der Waals surface area contributed by atoms with E-state index in [1.54, 1.807) is 30.0 Å². The zero-order valence-electron chi connectivity index (χ0n) is 14.3. The Morgan fingerprint density at radius 1 is 1.15 bits per heavy atom. The summed E-state index contributed by atoms with van der Waals surface area (Å²) in [6, 6.07) is 15.9. The van der Waals surface area contributed by atoms with Crippen LogP contribution in [0.15, 0.2) is 63.8 Å². The van der Waals surface area contributed by atoms with Gasteiger partial charge in [0.05, 0.1) is 5.56 Å². The number of thioether (sulfide) groups is 2. The lowest BCUT2D eigenvalue weighted by Gasteiger charge is -2.09. The smallest absolute Gasteiger partial charge is 0.288 e. The predicted molar refractivity (Wildman–Crippen MR) is 110 cm³/mol. The highest BCUT2D eigenvalue weighted by atomic mass is 32.2. The minimum atomic E-state index is -2.59. The van der Waals surface area contributed by atoms with Crippen LogP contribution in [-0.4, -0.2) is 22.4 Å². The number of rotatable bonds is 7. The molecule has 0 radical (unpaired) electrons. The molecule has 1 aromatic heterocycles. The third-order valence-corrected chi connectivity index (χ3v) is 6.28. The molecule has 0 unspecified atom stereocenters. The molecule has 1 heterocycles. The van der Waals surface area contributed by atoms with Gasteiger partial charge >= 0.3 is 0 Å². The second kappa shape index (κ2) is 9.34. The van der Waals surface area contributed by atoms with Gasteiger partial charge in [-0.15, -0.1) is 0 Å². The van der Waals surface area contributed by atoms with Crippen LogP contribution in [0.5, 0.6) is 0 Å². The maximum absolute atomic E-state index is 12.8. The Hall–Kier alpha value is -1.90. The molecule has 0 spiro atoms. The summed E-state index contributed by atoms with van der Waals surface area (Å²) in [4.78, 5) is 17.6. The number of thiazole rings is 1. The molecule has 27 heavy (non-hydrogen) atoms. The van der Waals surface area contributed by atoms with Crippen LogP contribution < -0.4 is 5.32 Å². The number of nitrogens with zero attached hydrogens (tertiary/aromatic N) is 1. The molecule has 0 atom stereocenters. The number of hydrogen-bond donors (Lipinski definition) is 1. The van der Waals surface area contributed by atoms with Crippen molar-refractivity contribution in [2.75, 3.05) is 11.1 Å². The van der Waals surface area contributed by atoms with E-state index in [0.717, 1.165) is 15.7 Å². The van der Waals surface area contributed by atoms with E-state index in [1.807, 2.05) is 37.3 Å². The van der Waals surface area contributed by atoms with Gasteiger partial charge in [-0.25, -0.2) is 4.98 Å². The summed E-state index contributed by atoms with van der Waals surface area (Å²) >= 11 is 3.35. The summed E-state index contributed by atoms with van der Waals surface area (Å²) in [6.45, 7) is 2.03. The third-order valence-electron chi connectivity index (χ3n) is 3.50. The summed E-state index contributed by atoms with van der Waals surface area (Å²) in [6.07, 6.45) is 0. The number of carbonyl (C=O) groups excluding carboxylic acids is 1. The Morgan fingerprint density at radius 2 is 1.85 bits per heavy atom. The van der Waals surface area contributed by atoms with Crippen molar-refractivity contribution >= 4 is 45.8 Å². The van der Waals surface area contributed by atoms with Crippen molar-refractivity contribution in [3.63, 3.8) is 0 Å². The molecule has 1 amide bonds. The standard InChI is InChI=1S/C19H16F2N2OS3/c1-2-25-19-22-15(12-8-4-3-5-9-12)17(27-19)23-16(24)13-10-6-7-11-14(13)26-18(20)21/h3-11,18H,2H2,1H3,(H,23,24). The van der Waals surface area contributed by atoms with Gasteiger partial charge in [0.1, 0.15) is 10.7 Å². The first-order chi connectivity index (χ1) is 13.1. The van der Waals surface area contributed by atoms with E-state index in [4.69, 9.17) is 0 Å². The number of anilines is 1. The molecular formula is C19H16F2N2OS3. The Kier molecular flexibility index (Phi) is 6.87. The van der Waals surface area contributed by atoms with E-state index >= 15 is 0 Å². The van der Waals surface area contributed by atoms with Gasteiger partial charge in [0.2, 0.25) is 0 Å². The number of amides is 1. The fourth-order valence-corrected chi connectivity index (χ4v) is 4.98. The van der Waals surface area contributed by atoms with Crippen molar-refractivity contribution in [1.29, 1.82) is 0 Å². The summed E-state index contributed by atoms with van der Waals surface area (Å²) in [5.74, 6) is -2.15. The maximum Gasteiger partial charge on any atom is 0.288 e. The van der Waals surface area contributed by atoms with Gasteiger partial charge in [-0.05, 0) is 17.9 Å². The first kappa shape index (κ1) is 19.9. The lowest BCUT2D eigenvalue weighted by molar-refractivity contribution is 0.102. The molecule has 0 saturated carbocycles. The lowest BCUT2D eigenvalue weighted by atomic mass is 10.1. The lowest BCUT2D eigenvalue weighted by Crippen LogP contribution is -2.13. The first-order valence-electron chi connectivity index (χ1n) is 8.12. The number of hydrogen-bond acceptors (Lipinski definition) is 5. The van der Waals surface area contributed by atoms with E-state index in [0.29, 0.717) is 22.5 Å². The van der Waals surface area contributed by atoms with Gasteiger partial charge in [0, 0.05) is 10.5 Å². The molecule has 140 valence electrons. The minimum absolute atomic E-state index is 0.222. The SMILES string of the molecule is CCSc1nc(-c2ccccc2)c(NC(=O)c2ccccc2SC(F)F)s1. The molecule has 0 aliphatic carbocycles. The molecule has 2 aromatic carbocycles. The van der Waals surface area contributed by atoms with E-state index < -0.39 is 11.7 Å². The number of nitrogens with one attached hydrogen (secondary N) is 1. The second-order valence-corrected chi connectivity index (χ2v) is 8.83. The monoisotopic (exact) mass is 422 g/mol. The van der Waals surface area contributed by atoms with Gasteiger partial charge < -0.3 is 5.32 Å². The largest absolute Gasteiger partial charge is 0.312 e. The van der Waals surface area contributed by atoms with Crippen LogP contribution in [0.3, 0.4) is 0 Å². The normalized spacial score (nSPS) is 11.0.